The monoisotopic (exact) mass is 275 g/mol. The standard InChI is InChI=1S/C9H17N5O5/c10-4-2-1-3-7(8(15)16)12-9(17)18-5-6-19-14-13-11/h7H,1-6,10H2,(H,12,17)(H,15,16)/t7-/m0/s1. The summed E-state index contributed by atoms with van der Waals surface area (Å²) in [5.41, 5.74) is 13.2. The molecule has 0 aromatic carbocycles. The average molecular weight is 275 g/mol. The number of carboxylic acids is 1. The van der Waals surface area contributed by atoms with Crippen molar-refractivity contribution in [3.05, 3.63) is 10.4 Å². The Morgan fingerprint density at radius 3 is 2.74 bits per heavy atom. The highest BCUT2D eigenvalue weighted by molar-refractivity contribution is 5.79. The van der Waals surface area contributed by atoms with Crippen molar-refractivity contribution in [2.24, 2.45) is 11.0 Å². The predicted molar refractivity (Wildman–Crippen MR) is 63.9 cm³/mol. The molecule has 0 saturated carbocycles. The number of hydrogen-bond acceptors (Lipinski definition) is 6. The summed E-state index contributed by atoms with van der Waals surface area (Å²) < 4.78 is 4.63. The number of carbonyl (C=O) groups is 2. The molecule has 0 rings (SSSR count). The quantitative estimate of drug-likeness (QED) is 0.173. The minimum atomic E-state index is -1.14. The van der Waals surface area contributed by atoms with Crippen LogP contribution in [0.3, 0.4) is 0 Å². The Hall–Kier alpha value is -2.19. The molecule has 0 aromatic heterocycles. The van der Waals surface area contributed by atoms with Gasteiger partial charge >= 0.3 is 12.1 Å². The second-order valence-electron chi connectivity index (χ2n) is 3.46. The van der Waals surface area contributed by atoms with Crippen LogP contribution in [-0.4, -0.2) is 43.0 Å². The highest BCUT2D eigenvalue weighted by atomic mass is 16.7. The van der Waals surface area contributed by atoms with E-state index in [1.165, 1.54) is 0 Å². The maximum absolute atomic E-state index is 11.2. The number of unbranched alkanes of at least 4 members (excludes halogenated alkanes) is 1. The van der Waals surface area contributed by atoms with Gasteiger partial charge in [-0.2, -0.15) is 0 Å². The Kier molecular flexibility index (Phi) is 9.67. The number of nitrogens with zero attached hydrogens (tertiary/aromatic N) is 3. The normalized spacial score (nSPS) is 11.0. The Morgan fingerprint density at radius 1 is 1.42 bits per heavy atom. The van der Waals surface area contributed by atoms with Gasteiger partial charge in [-0.25, -0.2) is 9.59 Å². The van der Waals surface area contributed by atoms with Crippen molar-refractivity contribution in [2.45, 2.75) is 25.3 Å². The van der Waals surface area contributed by atoms with E-state index in [1.807, 2.05) is 0 Å². The smallest absolute Gasteiger partial charge is 0.407 e. The van der Waals surface area contributed by atoms with E-state index in [9.17, 15) is 9.59 Å². The third-order valence-electron chi connectivity index (χ3n) is 2.04. The van der Waals surface area contributed by atoms with Gasteiger partial charge in [0.1, 0.15) is 24.5 Å². The minimum Gasteiger partial charge on any atom is -0.480 e. The number of carbonyl (C=O) groups excluding carboxylic acids is 1. The molecule has 0 aliphatic heterocycles. The second-order valence-corrected chi connectivity index (χ2v) is 3.46. The van der Waals surface area contributed by atoms with Crippen LogP contribution in [0.1, 0.15) is 19.3 Å². The summed E-state index contributed by atoms with van der Waals surface area (Å²) >= 11 is 0. The summed E-state index contributed by atoms with van der Waals surface area (Å²) in [6, 6.07) is -1.02. The topological polar surface area (TPSA) is 160 Å². The number of carboxylic acid groups (broad SMARTS) is 1. The van der Waals surface area contributed by atoms with Crippen molar-refractivity contribution >= 4 is 12.1 Å². The van der Waals surface area contributed by atoms with Crippen LogP contribution in [0.5, 0.6) is 0 Å². The van der Waals surface area contributed by atoms with Crippen LogP contribution in [0.4, 0.5) is 4.79 Å². The molecule has 10 heteroatoms. The highest BCUT2D eigenvalue weighted by Gasteiger charge is 2.19. The number of hydrogen-bond donors (Lipinski definition) is 3. The molecule has 0 spiro atoms. The second kappa shape index (κ2) is 10.9. The molecule has 0 radical (unpaired) electrons. The third kappa shape index (κ3) is 9.51. The number of amides is 1. The summed E-state index contributed by atoms with van der Waals surface area (Å²) in [5, 5.41) is 13.9. The van der Waals surface area contributed by atoms with Crippen LogP contribution in [0.25, 0.3) is 10.4 Å². The Morgan fingerprint density at radius 2 is 2.16 bits per heavy atom. The summed E-state index contributed by atoms with van der Waals surface area (Å²) in [6.07, 6.45) is 0.676. The maximum atomic E-state index is 11.2. The van der Waals surface area contributed by atoms with Crippen molar-refractivity contribution in [2.75, 3.05) is 19.8 Å². The number of nitrogens with two attached hydrogens (primary N) is 1. The Balaban J connectivity index is 3.89. The molecule has 1 amide bonds. The zero-order valence-electron chi connectivity index (χ0n) is 10.3. The number of nitrogens with one attached hydrogen (secondary N) is 1. The molecule has 4 N–H and O–H groups in total. The zero-order valence-corrected chi connectivity index (χ0v) is 10.3. The molecule has 0 aliphatic rings. The predicted octanol–water partition coefficient (Wildman–Crippen LogP) is 0.537. The van der Waals surface area contributed by atoms with E-state index in [0.29, 0.717) is 19.4 Å². The molecule has 1 atom stereocenters. The number of aliphatic carboxylic acids is 1. The molecule has 108 valence electrons. The molecular formula is C9H17N5O5. The molecule has 0 fully saturated rings. The van der Waals surface area contributed by atoms with Gasteiger partial charge in [-0.15, -0.1) is 0 Å². The van der Waals surface area contributed by atoms with E-state index in [-0.39, 0.29) is 19.6 Å². The summed E-state index contributed by atoms with van der Waals surface area (Å²) in [5.74, 6) is -1.14. The van der Waals surface area contributed by atoms with E-state index in [1.54, 1.807) is 0 Å². The van der Waals surface area contributed by atoms with Crippen molar-refractivity contribution in [1.29, 1.82) is 0 Å². The van der Waals surface area contributed by atoms with Gasteiger partial charge in [0, 0.05) is 4.91 Å². The van der Waals surface area contributed by atoms with Crippen LogP contribution in [0, 0.1) is 0 Å². The fraction of sp³-hybridized carbons (Fsp3) is 0.778. The van der Waals surface area contributed by atoms with Crippen LogP contribution >= 0.6 is 0 Å². The number of alkyl carbamates (subject to hydrolysis) is 1. The minimum absolute atomic E-state index is 0.109. The van der Waals surface area contributed by atoms with Crippen LogP contribution in [0.15, 0.2) is 5.28 Å². The highest BCUT2D eigenvalue weighted by Crippen LogP contribution is 2.01. The lowest BCUT2D eigenvalue weighted by molar-refractivity contribution is -0.139. The van der Waals surface area contributed by atoms with E-state index >= 15 is 0 Å². The lowest BCUT2D eigenvalue weighted by Crippen LogP contribution is -2.41. The summed E-state index contributed by atoms with van der Waals surface area (Å²) in [7, 11) is 0. The van der Waals surface area contributed by atoms with Crippen LogP contribution in [0.2, 0.25) is 0 Å². The fourth-order valence-electron chi connectivity index (χ4n) is 1.17. The van der Waals surface area contributed by atoms with E-state index < -0.39 is 18.1 Å². The van der Waals surface area contributed by atoms with Crippen LogP contribution in [-0.2, 0) is 14.4 Å². The molecule has 0 bridgehead atoms. The van der Waals surface area contributed by atoms with Gasteiger partial charge in [0.15, 0.2) is 0 Å². The van der Waals surface area contributed by atoms with Crippen molar-refractivity contribution in [3.8, 4) is 0 Å². The molecule has 10 nitrogen and oxygen atoms in total. The van der Waals surface area contributed by atoms with Crippen molar-refractivity contribution < 1.29 is 24.3 Å². The van der Waals surface area contributed by atoms with E-state index in [2.05, 4.69) is 25.1 Å². The van der Waals surface area contributed by atoms with Crippen molar-refractivity contribution in [1.82, 2.24) is 5.32 Å². The lowest BCUT2D eigenvalue weighted by atomic mass is 10.1. The summed E-state index contributed by atoms with van der Waals surface area (Å²) in [6.45, 7) is 0.204. The Labute approximate surface area is 109 Å². The average Bonchev–Trinajstić information content (AvgIpc) is 2.37. The van der Waals surface area contributed by atoms with Crippen molar-refractivity contribution in [3.63, 3.8) is 0 Å². The Bertz CT molecular complexity index is 331. The fourth-order valence-corrected chi connectivity index (χ4v) is 1.17. The zero-order chi connectivity index (χ0) is 14.5. The number of rotatable bonds is 10. The first-order chi connectivity index (χ1) is 9.11. The molecule has 0 saturated heterocycles. The van der Waals surface area contributed by atoms with Gasteiger partial charge in [0.2, 0.25) is 0 Å². The van der Waals surface area contributed by atoms with Gasteiger partial charge in [0.05, 0.1) is 0 Å². The van der Waals surface area contributed by atoms with Gasteiger partial charge in [-0.1, -0.05) is 0 Å². The van der Waals surface area contributed by atoms with Gasteiger partial charge < -0.3 is 25.7 Å². The largest absolute Gasteiger partial charge is 0.480 e. The third-order valence-corrected chi connectivity index (χ3v) is 2.04. The molecular weight excluding hydrogens is 258 g/mol. The molecule has 19 heavy (non-hydrogen) atoms. The van der Waals surface area contributed by atoms with E-state index in [0.717, 1.165) is 0 Å². The van der Waals surface area contributed by atoms with Gasteiger partial charge in [-0.05, 0) is 31.3 Å². The SMILES string of the molecule is [N-]=[N+]=NOCCOC(=O)N[C@@H](CCCCN)C(=O)O. The van der Waals surface area contributed by atoms with Gasteiger partial charge in [-0.3, -0.25) is 0 Å². The molecule has 0 aliphatic carbocycles. The first-order valence-corrected chi connectivity index (χ1v) is 5.64. The van der Waals surface area contributed by atoms with Gasteiger partial charge in [0.25, 0.3) is 0 Å². The number of ether oxygens (including phenoxy) is 1. The lowest BCUT2D eigenvalue weighted by Gasteiger charge is -2.14. The summed E-state index contributed by atoms with van der Waals surface area (Å²) in [4.78, 5) is 28.8. The molecule has 0 unspecified atom stereocenters. The van der Waals surface area contributed by atoms with Crippen LogP contribution < -0.4 is 11.1 Å². The van der Waals surface area contributed by atoms with E-state index in [4.69, 9.17) is 16.4 Å². The molecule has 0 aromatic rings. The maximum Gasteiger partial charge on any atom is 0.407 e. The molecule has 0 heterocycles. The first-order valence-electron chi connectivity index (χ1n) is 5.64. The first kappa shape index (κ1) is 16.8. The number of azide groups is 1.